The van der Waals surface area contributed by atoms with Crippen LogP contribution in [-0.4, -0.2) is 28.3 Å². The molecule has 4 aromatic rings. The van der Waals surface area contributed by atoms with Gasteiger partial charge in [0, 0.05) is 11.6 Å². The minimum atomic E-state index is -0.257. The fourth-order valence-electron chi connectivity index (χ4n) is 3.40. The first-order valence-electron chi connectivity index (χ1n) is 10.3. The lowest BCUT2D eigenvalue weighted by molar-refractivity contribution is -0.118. The van der Waals surface area contributed by atoms with Gasteiger partial charge in [-0.2, -0.15) is 0 Å². The Morgan fingerprint density at radius 3 is 2.67 bits per heavy atom. The molecule has 0 spiro atoms. The van der Waals surface area contributed by atoms with Gasteiger partial charge in [-0.3, -0.25) is 14.2 Å². The van der Waals surface area contributed by atoms with E-state index in [1.165, 1.54) is 16.3 Å². The zero-order valence-corrected chi connectivity index (χ0v) is 19.7. The van der Waals surface area contributed by atoms with Crippen molar-refractivity contribution in [1.29, 1.82) is 0 Å². The maximum absolute atomic E-state index is 13.5. The molecule has 3 aromatic carbocycles. The van der Waals surface area contributed by atoms with Crippen LogP contribution in [0.1, 0.15) is 11.1 Å². The van der Waals surface area contributed by atoms with E-state index in [0.717, 1.165) is 11.1 Å². The number of aryl methyl sites for hydroxylation is 1. The molecule has 168 valence electrons. The van der Waals surface area contributed by atoms with Crippen molar-refractivity contribution in [3.63, 3.8) is 0 Å². The summed E-state index contributed by atoms with van der Waals surface area (Å²) in [6.45, 7) is 2.37. The number of amides is 1. The van der Waals surface area contributed by atoms with Crippen LogP contribution >= 0.6 is 23.4 Å². The summed E-state index contributed by atoms with van der Waals surface area (Å²) in [4.78, 5) is 30.7. The van der Waals surface area contributed by atoms with E-state index in [1.807, 2.05) is 55.5 Å². The van der Waals surface area contributed by atoms with E-state index in [1.54, 1.807) is 25.3 Å². The first kappa shape index (κ1) is 22.9. The Morgan fingerprint density at radius 1 is 1.12 bits per heavy atom. The molecule has 1 heterocycles. The number of rotatable bonds is 7. The smallest absolute Gasteiger partial charge is 0.266 e. The van der Waals surface area contributed by atoms with Crippen LogP contribution in [0.5, 0.6) is 5.75 Å². The van der Waals surface area contributed by atoms with Gasteiger partial charge in [0.05, 0.1) is 29.5 Å². The number of carbonyl (C=O) groups excluding carboxylic acids is 1. The van der Waals surface area contributed by atoms with E-state index in [4.69, 9.17) is 16.3 Å². The summed E-state index contributed by atoms with van der Waals surface area (Å²) in [5.74, 6) is 0.472. The summed E-state index contributed by atoms with van der Waals surface area (Å²) < 4.78 is 7.01. The number of carbonyl (C=O) groups is 1. The summed E-state index contributed by atoms with van der Waals surface area (Å²) in [6, 6.07) is 20.2. The molecule has 1 aromatic heterocycles. The largest absolute Gasteiger partial charge is 0.495 e. The molecule has 0 bridgehead atoms. The van der Waals surface area contributed by atoms with Crippen LogP contribution in [0.2, 0.25) is 5.02 Å². The Morgan fingerprint density at radius 2 is 1.91 bits per heavy atom. The van der Waals surface area contributed by atoms with Crippen LogP contribution in [0.3, 0.4) is 0 Å². The predicted octanol–water partition coefficient (Wildman–Crippen LogP) is 4.76. The van der Waals surface area contributed by atoms with Crippen molar-refractivity contribution in [2.75, 3.05) is 12.9 Å². The third-order valence-corrected chi connectivity index (χ3v) is 6.21. The number of hydrogen-bond acceptors (Lipinski definition) is 5. The molecule has 0 saturated carbocycles. The van der Waals surface area contributed by atoms with E-state index >= 15 is 0 Å². The molecular weight excluding hydrogens is 458 g/mol. The van der Waals surface area contributed by atoms with E-state index in [2.05, 4.69) is 10.3 Å². The second-order valence-electron chi connectivity index (χ2n) is 7.42. The topological polar surface area (TPSA) is 73.2 Å². The van der Waals surface area contributed by atoms with Gasteiger partial charge in [0.25, 0.3) is 5.56 Å². The normalized spacial score (nSPS) is 10.9. The van der Waals surface area contributed by atoms with E-state index in [9.17, 15) is 9.59 Å². The number of hydrogen-bond donors (Lipinski definition) is 1. The lowest BCUT2D eigenvalue weighted by atomic mass is 10.2. The van der Waals surface area contributed by atoms with Crippen LogP contribution in [-0.2, 0) is 11.3 Å². The number of aromatic nitrogens is 2. The number of fused-ring (bicyclic) bond motifs is 1. The number of thioether (sulfide) groups is 1. The predicted molar refractivity (Wildman–Crippen MR) is 133 cm³/mol. The first-order valence-corrected chi connectivity index (χ1v) is 11.6. The van der Waals surface area contributed by atoms with E-state index < -0.39 is 0 Å². The standard InChI is InChI=1S/C25H22ClN3O3S/c1-16-8-11-22(32-2)21(12-16)29-24(31)19-10-9-18(26)13-20(19)28-25(29)33-15-23(30)27-14-17-6-4-3-5-7-17/h3-13H,14-15H2,1-2H3,(H,27,30). The Kier molecular flexibility index (Phi) is 7.01. The second kappa shape index (κ2) is 10.1. The molecular formula is C25H22ClN3O3S. The molecule has 1 amide bonds. The molecule has 0 aliphatic rings. The number of methoxy groups -OCH3 is 1. The first-order chi connectivity index (χ1) is 16.0. The highest BCUT2D eigenvalue weighted by Crippen LogP contribution is 2.28. The minimum Gasteiger partial charge on any atom is -0.495 e. The van der Waals surface area contributed by atoms with Crippen LogP contribution in [0, 0.1) is 6.92 Å². The van der Waals surface area contributed by atoms with Crippen LogP contribution in [0.4, 0.5) is 0 Å². The quantitative estimate of drug-likeness (QED) is 0.305. The van der Waals surface area contributed by atoms with E-state index in [0.29, 0.717) is 39.1 Å². The molecule has 8 heteroatoms. The van der Waals surface area contributed by atoms with Crippen molar-refractivity contribution < 1.29 is 9.53 Å². The Balaban J connectivity index is 1.70. The van der Waals surface area contributed by atoms with Gasteiger partial charge in [0.15, 0.2) is 5.16 Å². The summed E-state index contributed by atoms with van der Waals surface area (Å²) >= 11 is 7.32. The fraction of sp³-hybridized carbons (Fsp3) is 0.160. The number of ether oxygens (including phenoxy) is 1. The third kappa shape index (κ3) is 5.21. The highest BCUT2D eigenvalue weighted by Gasteiger charge is 2.18. The summed E-state index contributed by atoms with van der Waals surface area (Å²) in [6.07, 6.45) is 0. The Bertz CT molecular complexity index is 1370. The van der Waals surface area contributed by atoms with Crippen molar-refractivity contribution in [2.24, 2.45) is 0 Å². The van der Waals surface area contributed by atoms with Crippen molar-refractivity contribution >= 4 is 40.2 Å². The maximum Gasteiger partial charge on any atom is 0.266 e. The van der Waals surface area contributed by atoms with Gasteiger partial charge >= 0.3 is 0 Å². The zero-order chi connectivity index (χ0) is 23.4. The van der Waals surface area contributed by atoms with Crippen molar-refractivity contribution in [3.05, 3.63) is 93.2 Å². The molecule has 0 aliphatic carbocycles. The second-order valence-corrected chi connectivity index (χ2v) is 8.80. The highest BCUT2D eigenvalue weighted by molar-refractivity contribution is 7.99. The summed E-state index contributed by atoms with van der Waals surface area (Å²) in [5, 5.41) is 4.20. The lowest BCUT2D eigenvalue weighted by Crippen LogP contribution is -2.26. The average Bonchev–Trinajstić information content (AvgIpc) is 2.82. The monoisotopic (exact) mass is 479 g/mol. The molecule has 0 aliphatic heterocycles. The molecule has 0 fully saturated rings. The average molecular weight is 480 g/mol. The SMILES string of the molecule is COc1ccc(C)cc1-n1c(SCC(=O)NCc2ccccc2)nc2cc(Cl)ccc2c1=O. The molecule has 1 N–H and O–H groups in total. The molecule has 6 nitrogen and oxygen atoms in total. The molecule has 0 unspecified atom stereocenters. The number of nitrogens with zero attached hydrogens (tertiary/aromatic N) is 2. The van der Waals surface area contributed by atoms with E-state index in [-0.39, 0.29) is 17.2 Å². The van der Waals surface area contributed by atoms with Crippen molar-refractivity contribution in [1.82, 2.24) is 14.9 Å². The number of benzene rings is 3. The van der Waals surface area contributed by atoms with Gasteiger partial charge in [0.1, 0.15) is 5.75 Å². The van der Waals surface area contributed by atoms with Gasteiger partial charge in [-0.15, -0.1) is 0 Å². The Labute approximate surface area is 200 Å². The summed E-state index contributed by atoms with van der Waals surface area (Å²) in [5.41, 5.74) is 2.76. The van der Waals surface area contributed by atoms with Gasteiger partial charge in [0.2, 0.25) is 5.91 Å². The fourth-order valence-corrected chi connectivity index (χ4v) is 4.40. The van der Waals surface area contributed by atoms with Crippen LogP contribution in [0.25, 0.3) is 16.6 Å². The van der Waals surface area contributed by atoms with Gasteiger partial charge in [-0.1, -0.05) is 59.8 Å². The molecule has 0 atom stereocenters. The Hall–Kier alpha value is -3.29. The number of nitrogens with one attached hydrogen (secondary N) is 1. The molecule has 0 radical (unpaired) electrons. The maximum atomic E-state index is 13.5. The van der Waals surface area contributed by atoms with Crippen molar-refractivity contribution in [2.45, 2.75) is 18.6 Å². The number of halogens is 1. The third-order valence-electron chi connectivity index (χ3n) is 5.04. The zero-order valence-electron chi connectivity index (χ0n) is 18.2. The van der Waals surface area contributed by atoms with Gasteiger partial charge in [-0.25, -0.2) is 4.98 Å². The van der Waals surface area contributed by atoms with Crippen LogP contribution < -0.4 is 15.6 Å². The lowest BCUT2D eigenvalue weighted by Gasteiger charge is -2.16. The molecule has 33 heavy (non-hydrogen) atoms. The molecule has 4 rings (SSSR count). The highest BCUT2D eigenvalue weighted by atomic mass is 35.5. The van der Waals surface area contributed by atoms with Gasteiger partial charge < -0.3 is 10.1 Å². The van der Waals surface area contributed by atoms with Crippen molar-refractivity contribution in [3.8, 4) is 11.4 Å². The molecule has 0 saturated heterocycles. The van der Waals surface area contributed by atoms with Crippen LogP contribution in [0.15, 0.2) is 76.7 Å². The van der Waals surface area contributed by atoms with Gasteiger partial charge in [-0.05, 0) is 48.4 Å². The minimum absolute atomic E-state index is 0.0967. The summed E-state index contributed by atoms with van der Waals surface area (Å²) in [7, 11) is 1.55.